The van der Waals surface area contributed by atoms with Gasteiger partial charge in [0.15, 0.2) is 0 Å². The molecule has 0 heterocycles. The molecule has 0 aromatic heterocycles. The van der Waals surface area contributed by atoms with Gasteiger partial charge in [-0.25, -0.2) is 4.39 Å². The number of benzene rings is 2. The van der Waals surface area contributed by atoms with E-state index in [9.17, 15) is 14.0 Å². The Morgan fingerprint density at radius 3 is 2.07 bits per heavy atom. The fourth-order valence-electron chi connectivity index (χ4n) is 2.60. The van der Waals surface area contributed by atoms with E-state index in [1.807, 2.05) is 0 Å². The molecule has 8 heteroatoms. The SMILES string of the molecule is CNC(=O)[C@H](C)N(Cc1c(Cl)cccc1Cl)C(=O)Cc1c(F)cccc1Cl. The molecule has 4 nitrogen and oxygen atoms in total. The Morgan fingerprint density at radius 1 is 1.04 bits per heavy atom. The Labute approximate surface area is 172 Å². The van der Waals surface area contributed by atoms with Gasteiger partial charge in [0, 0.05) is 39.8 Å². The third-order valence-electron chi connectivity index (χ3n) is 4.19. The van der Waals surface area contributed by atoms with E-state index in [0.29, 0.717) is 15.6 Å². The van der Waals surface area contributed by atoms with Crippen LogP contribution in [0.15, 0.2) is 36.4 Å². The summed E-state index contributed by atoms with van der Waals surface area (Å²) in [6.45, 7) is 1.57. The summed E-state index contributed by atoms with van der Waals surface area (Å²) in [5.41, 5.74) is 0.577. The van der Waals surface area contributed by atoms with E-state index in [1.54, 1.807) is 25.1 Å². The van der Waals surface area contributed by atoms with Crippen LogP contribution in [0.25, 0.3) is 0 Å². The summed E-state index contributed by atoms with van der Waals surface area (Å²) >= 11 is 18.4. The molecule has 0 aliphatic heterocycles. The average Bonchev–Trinajstić information content (AvgIpc) is 2.63. The molecule has 27 heavy (non-hydrogen) atoms. The fourth-order valence-corrected chi connectivity index (χ4v) is 3.35. The summed E-state index contributed by atoms with van der Waals surface area (Å²) in [6.07, 6.45) is -0.297. The first-order chi connectivity index (χ1) is 12.8. The number of nitrogens with one attached hydrogen (secondary N) is 1. The molecule has 2 amide bonds. The highest BCUT2D eigenvalue weighted by molar-refractivity contribution is 6.36. The van der Waals surface area contributed by atoms with Crippen LogP contribution >= 0.6 is 34.8 Å². The molecule has 2 aromatic carbocycles. The molecule has 0 unspecified atom stereocenters. The van der Waals surface area contributed by atoms with Crippen LogP contribution in [-0.4, -0.2) is 29.8 Å². The Hall–Kier alpha value is -1.82. The van der Waals surface area contributed by atoms with E-state index < -0.39 is 17.8 Å². The predicted octanol–water partition coefficient (Wildman–Crippen LogP) is 4.49. The van der Waals surface area contributed by atoms with Crippen LogP contribution in [0.1, 0.15) is 18.1 Å². The zero-order valence-corrected chi connectivity index (χ0v) is 17.0. The lowest BCUT2D eigenvalue weighted by molar-refractivity contribution is -0.139. The Morgan fingerprint density at radius 2 is 1.56 bits per heavy atom. The van der Waals surface area contributed by atoms with Crippen molar-refractivity contribution in [3.8, 4) is 0 Å². The summed E-state index contributed by atoms with van der Waals surface area (Å²) in [5, 5.41) is 3.39. The number of halogens is 4. The van der Waals surface area contributed by atoms with Crippen LogP contribution < -0.4 is 5.32 Å². The van der Waals surface area contributed by atoms with Gasteiger partial charge in [-0.15, -0.1) is 0 Å². The number of carbonyl (C=O) groups is 2. The first-order valence-electron chi connectivity index (χ1n) is 8.13. The van der Waals surface area contributed by atoms with Crippen molar-refractivity contribution in [2.75, 3.05) is 7.05 Å². The standard InChI is InChI=1S/C19H18Cl3FN2O2/c1-11(19(27)24-2)25(10-13-15(21)5-3-6-16(13)22)18(26)9-12-14(20)7-4-8-17(12)23/h3-8,11H,9-10H2,1-2H3,(H,24,27)/t11-/m0/s1. The van der Waals surface area contributed by atoms with Gasteiger partial charge in [-0.3, -0.25) is 9.59 Å². The highest BCUT2D eigenvalue weighted by Crippen LogP contribution is 2.27. The first-order valence-corrected chi connectivity index (χ1v) is 9.26. The largest absolute Gasteiger partial charge is 0.357 e. The average molecular weight is 432 g/mol. The van der Waals surface area contributed by atoms with Crippen molar-refractivity contribution in [2.45, 2.75) is 25.9 Å². The van der Waals surface area contributed by atoms with Crippen molar-refractivity contribution in [3.63, 3.8) is 0 Å². The predicted molar refractivity (Wildman–Crippen MR) is 106 cm³/mol. The number of carbonyl (C=O) groups excluding carboxylic acids is 2. The van der Waals surface area contributed by atoms with Gasteiger partial charge in [-0.2, -0.15) is 0 Å². The molecule has 0 bridgehead atoms. The molecular formula is C19H18Cl3FN2O2. The zero-order valence-electron chi connectivity index (χ0n) is 14.7. The highest BCUT2D eigenvalue weighted by atomic mass is 35.5. The number of likely N-dealkylation sites (N-methyl/N-ethyl adjacent to an activating group) is 1. The number of hydrogen-bond donors (Lipinski definition) is 1. The van der Waals surface area contributed by atoms with Crippen molar-refractivity contribution in [3.05, 3.63) is 68.4 Å². The second-order valence-corrected chi connectivity index (χ2v) is 7.11. The minimum Gasteiger partial charge on any atom is -0.357 e. The number of amides is 2. The molecular weight excluding hydrogens is 414 g/mol. The lowest BCUT2D eigenvalue weighted by Gasteiger charge is -2.29. The molecule has 0 spiro atoms. The Balaban J connectivity index is 2.37. The molecule has 1 atom stereocenters. The van der Waals surface area contributed by atoms with Gasteiger partial charge in [-0.05, 0) is 31.2 Å². The lowest BCUT2D eigenvalue weighted by Crippen LogP contribution is -2.47. The Kier molecular flexibility index (Phi) is 7.48. The van der Waals surface area contributed by atoms with E-state index in [4.69, 9.17) is 34.8 Å². The first kappa shape index (κ1) is 21.5. The summed E-state index contributed by atoms with van der Waals surface area (Å²) < 4.78 is 14.1. The van der Waals surface area contributed by atoms with Crippen molar-refractivity contribution in [1.82, 2.24) is 10.2 Å². The molecule has 2 rings (SSSR count). The van der Waals surface area contributed by atoms with Gasteiger partial charge >= 0.3 is 0 Å². The smallest absolute Gasteiger partial charge is 0.242 e. The van der Waals surface area contributed by atoms with Crippen molar-refractivity contribution in [1.29, 1.82) is 0 Å². The highest BCUT2D eigenvalue weighted by Gasteiger charge is 2.28. The van der Waals surface area contributed by atoms with Gasteiger partial charge in [-0.1, -0.05) is 46.9 Å². The van der Waals surface area contributed by atoms with E-state index in [0.717, 1.165) is 0 Å². The van der Waals surface area contributed by atoms with E-state index in [-0.39, 0.29) is 29.5 Å². The quantitative estimate of drug-likeness (QED) is 0.732. The van der Waals surface area contributed by atoms with Gasteiger partial charge in [0.25, 0.3) is 0 Å². The van der Waals surface area contributed by atoms with Crippen molar-refractivity contribution >= 4 is 46.6 Å². The minimum absolute atomic E-state index is 0.00199. The molecule has 2 aromatic rings. The number of nitrogens with zero attached hydrogens (tertiary/aromatic N) is 1. The Bertz CT molecular complexity index is 820. The maximum Gasteiger partial charge on any atom is 0.242 e. The van der Waals surface area contributed by atoms with Crippen molar-refractivity contribution < 1.29 is 14.0 Å². The van der Waals surface area contributed by atoms with Crippen LogP contribution in [-0.2, 0) is 22.6 Å². The fraction of sp³-hybridized carbons (Fsp3) is 0.263. The normalized spacial score (nSPS) is 11.8. The molecule has 0 saturated heterocycles. The third kappa shape index (κ3) is 5.12. The van der Waals surface area contributed by atoms with E-state index in [1.165, 1.54) is 30.1 Å². The summed E-state index contributed by atoms with van der Waals surface area (Å²) in [7, 11) is 1.47. The second kappa shape index (κ2) is 9.40. The van der Waals surface area contributed by atoms with Gasteiger partial charge in [0.2, 0.25) is 11.8 Å². The summed E-state index contributed by atoms with van der Waals surface area (Å²) in [5.74, 6) is -1.43. The molecule has 0 aliphatic rings. The van der Waals surface area contributed by atoms with Crippen LogP contribution in [0.3, 0.4) is 0 Å². The van der Waals surface area contributed by atoms with Crippen LogP contribution in [0.5, 0.6) is 0 Å². The number of rotatable bonds is 6. The van der Waals surface area contributed by atoms with Gasteiger partial charge < -0.3 is 10.2 Å². The topological polar surface area (TPSA) is 49.4 Å². The van der Waals surface area contributed by atoms with Crippen LogP contribution in [0.4, 0.5) is 4.39 Å². The van der Waals surface area contributed by atoms with Crippen LogP contribution in [0.2, 0.25) is 15.1 Å². The van der Waals surface area contributed by atoms with E-state index in [2.05, 4.69) is 5.32 Å². The molecule has 1 N–H and O–H groups in total. The minimum atomic E-state index is -0.819. The molecule has 0 saturated carbocycles. The maximum atomic E-state index is 14.1. The molecule has 0 radical (unpaired) electrons. The maximum absolute atomic E-state index is 14.1. The van der Waals surface area contributed by atoms with Crippen molar-refractivity contribution in [2.24, 2.45) is 0 Å². The second-order valence-electron chi connectivity index (χ2n) is 5.89. The van der Waals surface area contributed by atoms with Gasteiger partial charge in [0.05, 0.1) is 6.42 Å². The zero-order chi connectivity index (χ0) is 20.1. The molecule has 0 aliphatic carbocycles. The summed E-state index contributed by atoms with van der Waals surface area (Å²) in [4.78, 5) is 26.4. The summed E-state index contributed by atoms with van der Waals surface area (Å²) in [6, 6.07) is 8.34. The van der Waals surface area contributed by atoms with Crippen LogP contribution in [0, 0.1) is 5.82 Å². The monoisotopic (exact) mass is 430 g/mol. The van der Waals surface area contributed by atoms with Gasteiger partial charge in [0.1, 0.15) is 11.9 Å². The number of hydrogen-bond acceptors (Lipinski definition) is 2. The third-order valence-corrected chi connectivity index (χ3v) is 5.26. The molecule has 0 fully saturated rings. The lowest BCUT2D eigenvalue weighted by atomic mass is 10.1. The van der Waals surface area contributed by atoms with E-state index >= 15 is 0 Å². The molecule has 144 valence electrons.